The normalized spacial score (nSPS) is 15.9. The van der Waals surface area contributed by atoms with E-state index in [1.807, 2.05) is 24.4 Å². The van der Waals surface area contributed by atoms with Crippen molar-refractivity contribution in [2.75, 3.05) is 0 Å². The molecule has 9 heteroatoms. The maximum atomic E-state index is 13.9. The molecule has 1 unspecified atom stereocenters. The van der Waals surface area contributed by atoms with Gasteiger partial charge in [-0.3, -0.25) is 9.20 Å². The van der Waals surface area contributed by atoms with E-state index in [0.29, 0.717) is 36.3 Å². The Labute approximate surface area is 158 Å². The number of carbonyl (C=O) groups is 1. The number of hydrogen-bond donors (Lipinski definition) is 1. The molecule has 3 aromatic heterocycles. The summed E-state index contributed by atoms with van der Waals surface area (Å²) in [4.78, 5) is 21.4. The first kappa shape index (κ1) is 18.0. The number of aryl methyl sites for hydroxylation is 1. The van der Waals surface area contributed by atoms with E-state index in [2.05, 4.69) is 19.7 Å². The Kier molecular flexibility index (Phi) is 4.41. The van der Waals surface area contributed by atoms with Gasteiger partial charge in [-0.2, -0.15) is 4.37 Å². The molecule has 1 N–H and O–H groups in total. The van der Waals surface area contributed by atoms with Crippen LogP contribution in [-0.4, -0.2) is 36.6 Å². The zero-order chi connectivity index (χ0) is 19.2. The van der Waals surface area contributed by atoms with E-state index < -0.39 is 17.9 Å². The van der Waals surface area contributed by atoms with Gasteiger partial charge in [-0.1, -0.05) is 6.92 Å². The highest BCUT2D eigenvalue weighted by molar-refractivity contribution is 7.03. The molecule has 3 aromatic rings. The van der Waals surface area contributed by atoms with Gasteiger partial charge in [0.05, 0.1) is 11.7 Å². The first-order chi connectivity index (χ1) is 12.9. The van der Waals surface area contributed by atoms with Crippen molar-refractivity contribution in [3.8, 4) is 11.4 Å². The predicted octanol–water partition coefficient (Wildman–Crippen LogP) is 3.58. The third kappa shape index (κ3) is 3.43. The van der Waals surface area contributed by atoms with Crippen molar-refractivity contribution < 1.29 is 13.6 Å². The fraction of sp³-hybridized carbons (Fsp3) is 0.444. The van der Waals surface area contributed by atoms with Crippen LogP contribution in [0, 0.1) is 5.92 Å². The number of carbonyl (C=O) groups excluding carboxylic acids is 1. The molecule has 1 fully saturated rings. The fourth-order valence-electron chi connectivity index (χ4n) is 3.24. The van der Waals surface area contributed by atoms with Crippen LogP contribution in [-0.2, 0) is 6.42 Å². The molecule has 0 bridgehead atoms. The summed E-state index contributed by atoms with van der Waals surface area (Å²) >= 11 is 1.31. The smallest absolute Gasteiger partial charge is 0.274 e. The molecule has 142 valence electrons. The highest BCUT2D eigenvalue weighted by atomic mass is 32.1. The molecular weight excluding hydrogens is 372 g/mol. The number of aromatic nitrogens is 4. The summed E-state index contributed by atoms with van der Waals surface area (Å²) in [6.45, 7) is 2.83. The number of nitrogens with one attached hydrogen (secondary N) is 1. The monoisotopic (exact) mass is 391 g/mol. The van der Waals surface area contributed by atoms with Gasteiger partial charge in [0.15, 0.2) is 11.3 Å². The zero-order valence-electron chi connectivity index (χ0n) is 14.9. The van der Waals surface area contributed by atoms with Crippen LogP contribution in [0.4, 0.5) is 8.78 Å². The number of halogens is 2. The fourth-order valence-corrected chi connectivity index (χ4v) is 3.76. The van der Waals surface area contributed by atoms with Crippen LogP contribution in [0.15, 0.2) is 23.8 Å². The molecule has 1 atom stereocenters. The van der Waals surface area contributed by atoms with Gasteiger partial charge in [0, 0.05) is 18.0 Å². The van der Waals surface area contributed by atoms with Gasteiger partial charge in [0.25, 0.3) is 11.8 Å². The van der Waals surface area contributed by atoms with Crippen molar-refractivity contribution in [3.63, 3.8) is 0 Å². The Morgan fingerprint density at radius 2 is 2.22 bits per heavy atom. The minimum absolute atomic E-state index is 0.0525. The van der Waals surface area contributed by atoms with Gasteiger partial charge in [0.2, 0.25) is 0 Å². The molecule has 3 heterocycles. The van der Waals surface area contributed by atoms with E-state index in [0.717, 1.165) is 12.6 Å². The molecule has 1 amide bonds. The van der Waals surface area contributed by atoms with E-state index in [1.165, 1.54) is 17.9 Å². The summed E-state index contributed by atoms with van der Waals surface area (Å²) in [6.07, 6.45) is 3.61. The Hall–Kier alpha value is -2.42. The molecule has 1 aliphatic rings. The number of nitrogens with zero attached hydrogens (tertiary/aromatic N) is 4. The second-order valence-corrected chi connectivity index (χ2v) is 7.57. The topological polar surface area (TPSA) is 72.2 Å². The maximum absolute atomic E-state index is 13.9. The average Bonchev–Trinajstić information content (AvgIpc) is 3.13. The van der Waals surface area contributed by atoms with Gasteiger partial charge in [-0.15, -0.1) is 0 Å². The second kappa shape index (κ2) is 6.63. The van der Waals surface area contributed by atoms with Gasteiger partial charge in [-0.25, -0.2) is 18.7 Å². The summed E-state index contributed by atoms with van der Waals surface area (Å²) in [6, 6.07) is 2.56. The van der Waals surface area contributed by atoms with Crippen LogP contribution >= 0.6 is 11.5 Å². The Balaban J connectivity index is 1.73. The van der Waals surface area contributed by atoms with Gasteiger partial charge in [0.1, 0.15) is 12.0 Å². The van der Waals surface area contributed by atoms with Gasteiger partial charge in [-0.05, 0) is 48.8 Å². The lowest BCUT2D eigenvalue weighted by atomic mass is 10.1. The lowest BCUT2D eigenvalue weighted by molar-refractivity contribution is -0.0239. The first-order valence-corrected chi connectivity index (χ1v) is 9.68. The number of alkyl halides is 2. The predicted molar refractivity (Wildman–Crippen MR) is 98.1 cm³/mol. The Morgan fingerprint density at radius 3 is 2.81 bits per heavy atom. The second-order valence-electron chi connectivity index (χ2n) is 6.90. The number of imidazole rings is 1. The van der Waals surface area contributed by atoms with Crippen molar-refractivity contribution in [1.82, 2.24) is 24.1 Å². The van der Waals surface area contributed by atoms with Crippen molar-refractivity contribution >= 4 is 23.1 Å². The minimum atomic E-state index is -2.99. The van der Waals surface area contributed by atoms with Crippen molar-refractivity contribution in [2.45, 2.75) is 45.1 Å². The van der Waals surface area contributed by atoms with Crippen molar-refractivity contribution in [2.24, 2.45) is 5.92 Å². The SMILES string of the molecule is CCc1cc(-c2ccsn2)nc2c(C(=O)NC(C3CC3)C(C)(F)F)ncn12. The number of hydrogen-bond acceptors (Lipinski definition) is 5. The molecule has 0 aromatic carbocycles. The van der Waals surface area contributed by atoms with Crippen LogP contribution in [0.5, 0.6) is 0 Å². The van der Waals surface area contributed by atoms with E-state index >= 15 is 0 Å². The van der Waals surface area contributed by atoms with Crippen LogP contribution in [0.1, 0.15) is 42.9 Å². The zero-order valence-corrected chi connectivity index (χ0v) is 15.8. The molecule has 0 spiro atoms. The summed E-state index contributed by atoms with van der Waals surface area (Å²) in [5.41, 5.74) is 2.66. The summed E-state index contributed by atoms with van der Waals surface area (Å²) in [5.74, 6) is -3.80. The summed E-state index contributed by atoms with van der Waals surface area (Å²) in [5, 5.41) is 4.33. The van der Waals surface area contributed by atoms with Crippen LogP contribution < -0.4 is 5.32 Å². The molecule has 27 heavy (non-hydrogen) atoms. The van der Waals surface area contributed by atoms with Crippen molar-refractivity contribution in [1.29, 1.82) is 0 Å². The van der Waals surface area contributed by atoms with E-state index in [4.69, 9.17) is 0 Å². The minimum Gasteiger partial charge on any atom is -0.342 e. The van der Waals surface area contributed by atoms with Gasteiger partial charge >= 0.3 is 0 Å². The van der Waals surface area contributed by atoms with E-state index in [-0.39, 0.29) is 11.6 Å². The Bertz CT molecular complexity index is 976. The van der Waals surface area contributed by atoms with Crippen molar-refractivity contribution in [3.05, 3.63) is 35.2 Å². The van der Waals surface area contributed by atoms with E-state index in [9.17, 15) is 13.6 Å². The molecule has 0 aliphatic heterocycles. The third-order valence-corrected chi connectivity index (χ3v) is 5.34. The summed E-state index contributed by atoms with van der Waals surface area (Å²) < 4.78 is 33.8. The molecule has 1 saturated carbocycles. The number of rotatable bonds is 6. The number of amides is 1. The quantitative estimate of drug-likeness (QED) is 0.697. The molecule has 0 saturated heterocycles. The van der Waals surface area contributed by atoms with Crippen LogP contribution in [0.2, 0.25) is 0 Å². The lowest BCUT2D eigenvalue weighted by Gasteiger charge is -2.24. The number of fused-ring (bicyclic) bond motifs is 1. The molecule has 6 nitrogen and oxygen atoms in total. The molecule has 0 radical (unpaired) electrons. The van der Waals surface area contributed by atoms with Crippen LogP contribution in [0.3, 0.4) is 0 Å². The average molecular weight is 391 g/mol. The third-order valence-electron chi connectivity index (χ3n) is 4.79. The lowest BCUT2D eigenvalue weighted by Crippen LogP contribution is -2.47. The molecule has 4 rings (SSSR count). The standard InChI is InChI=1S/C18H19F2N5OS/c1-3-11-8-13(12-6-7-27-24-12)22-16-14(21-9-25(11)16)17(26)23-15(10-4-5-10)18(2,19)20/h6-10,15H,3-5H2,1-2H3,(H,23,26). The first-order valence-electron chi connectivity index (χ1n) is 8.85. The van der Waals surface area contributed by atoms with Gasteiger partial charge < -0.3 is 5.32 Å². The Morgan fingerprint density at radius 1 is 1.44 bits per heavy atom. The molecule has 1 aliphatic carbocycles. The van der Waals surface area contributed by atoms with Crippen LogP contribution in [0.25, 0.3) is 17.0 Å². The molecular formula is C18H19F2N5OS. The highest BCUT2D eigenvalue weighted by Crippen LogP contribution is 2.39. The highest BCUT2D eigenvalue weighted by Gasteiger charge is 2.46. The maximum Gasteiger partial charge on any atom is 0.274 e. The van der Waals surface area contributed by atoms with E-state index in [1.54, 1.807) is 4.40 Å². The summed E-state index contributed by atoms with van der Waals surface area (Å²) in [7, 11) is 0. The largest absolute Gasteiger partial charge is 0.342 e.